The molecule has 23 heavy (non-hydrogen) atoms. The molecular weight excluding hydrogens is 292 g/mol. The van der Waals surface area contributed by atoms with Crippen LogP contribution in [0.5, 0.6) is 0 Å². The molecule has 2 aromatic rings. The normalized spacial score (nSPS) is 12.3. The zero-order valence-electron chi connectivity index (χ0n) is 14.0. The van der Waals surface area contributed by atoms with Gasteiger partial charge in [0.1, 0.15) is 0 Å². The molecule has 124 valence electrons. The summed E-state index contributed by atoms with van der Waals surface area (Å²) in [6, 6.07) is 10.4. The van der Waals surface area contributed by atoms with E-state index in [0.29, 0.717) is 18.3 Å². The summed E-state index contributed by atoms with van der Waals surface area (Å²) in [5.74, 6) is 0.788. The molecule has 1 amide bonds. The number of carbonyl (C=O) groups is 1. The molecule has 0 fully saturated rings. The summed E-state index contributed by atoms with van der Waals surface area (Å²) >= 11 is 0. The highest BCUT2D eigenvalue weighted by Gasteiger charge is 2.19. The number of amides is 1. The van der Waals surface area contributed by atoms with Gasteiger partial charge in [-0.25, -0.2) is 0 Å². The first kappa shape index (κ1) is 17.1. The van der Waals surface area contributed by atoms with Gasteiger partial charge in [-0.2, -0.15) is 4.98 Å². The minimum absolute atomic E-state index is 0.0983. The largest absolute Gasteiger partial charge is 0.354 e. The van der Waals surface area contributed by atoms with E-state index in [-0.39, 0.29) is 18.4 Å². The number of hydrogen-bond donors (Lipinski definition) is 1. The van der Waals surface area contributed by atoms with Gasteiger partial charge in [-0.05, 0) is 18.7 Å². The lowest BCUT2D eigenvalue weighted by Gasteiger charge is -2.30. The monoisotopic (exact) mass is 316 g/mol. The van der Waals surface area contributed by atoms with Crippen molar-refractivity contribution >= 4 is 5.91 Å². The Labute approximate surface area is 136 Å². The molecule has 0 radical (unpaired) electrons. The molecule has 0 aliphatic heterocycles. The summed E-state index contributed by atoms with van der Waals surface area (Å²) in [7, 11) is 0. The Hall–Kier alpha value is -2.21. The van der Waals surface area contributed by atoms with Crippen LogP contribution in [0.2, 0.25) is 0 Å². The lowest BCUT2D eigenvalue weighted by Crippen LogP contribution is -2.38. The van der Waals surface area contributed by atoms with E-state index in [4.69, 9.17) is 4.52 Å². The van der Waals surface area contributed by atoms with Crippen LogP contribution in [-0.4, -0.2) is 40.6 Å². The number of nitrogens with one attached hydrogen (secondary N) is 1. The van der Waals surface area contributed by atoms with Gasteiger partial charge in [-0.1, -0.05) is 49.3 Å². The fourth-order valence-electron chi connectivity index (χ4n) is 2.63. The Morgan fingerprint density at radius 2 is 1.96 bits per heavy atom. The van der Waals surface area contributed by atoms with Gasteiger partial charge in [0, 0.05) is 13.5 Å². The third kappa shape index (κ3) is 4.89. The molecule has 2 rings (SSSR count). The molecule has 1 aromatic carbocycles. The van der Waals surface area contributed by atoms with Crippen molar-refractivity contribution in [2.24, 2.45) is 0 Å². The minimum atomic E-state index is -0.0983. The molecule has 0 aliphatic carbocycles. The Morgan fingerprint density at radius 3 is 2.52 bits per heavy atom. The smallest absolute Gasteiger partial charge is 0.227 e. The van der Waals surface area contributed by atoms with Crippen molar-refractivity contribution < 1.29 is 9.32 Å². The van der Waals surface area contributed by atoms with Crippen LogP contribution in [0.15, 0.2) is 34.9 Å². The average molecular weight is 316 g/mol. The Kier molecular flexibility index (Phi) is 6.29. The Balaban J connectivity index is 1.99. The number of aromatic nitrogens is 2. The van der Waals surface area contributed by atoms with Crippen LogP contribution in [0.4, 0.5) is 0 Å². The van der Waals surface area contributed by atoms with Crippen LogP contribution in [0.3, 0.4) is 0 Å². The van der Waals surface area contributed by atoms with Crippen molar-refractivity contribution in [1.82, 2.24) is 20.4 Å². The van der Waals surface area contributed by atoms with Gasteiger partial charge in [0.25, 0.3) is 0 Å². The molecule has 1 atom stereocenters. The molecule has 6 heteroatoms. The molecule has 1 N–H and O–H groups in total. The predicted octanol–water partition coefficient (Wildman–Crippen LogP) is 2.12. The van der Waals surface area contributed by atoms with Crippen molar-refractivity contribution in [1.29, 1.82) is 0 Å². The van der Waals surface area contributed by atoms with Gasteiger partial charge >= 0.3 is 0 Å². The zero-order valence-corrected chi connectivity index (χ0v) is 14.0. The van der Waals surface area contributed by atoms with E-state index in [0.717, 1.165) is 13.1 Å². The second-order valence-electron chi connectivity index (χ2n) is 5.36. The number of benzene rings is 1. The minimum Gasteiger partial charge on any atom is -0.354 e. The van der Waals surface area contributed by atoms with E-state index in [1.165, 1.54) is 5.56 Å². The predicted molar refractivity (Wildman–Crippen MR) is 87.9 cm³/mol. The standard InChI is InChI=1S/C17H24N4O2/c1-4-21(5-2)15(14-9-7-6-8-10-14)12-18-17(22)11-16-19-13(3)23-20-16/h6-10,15H,4-5,11-12H2,1-3H3,(H,18,22). The van der Waals surface area contributed by atoms with Gasteiger partial charge in [0.2, 0.25) is 11.8 Å². The van der Waals surface area contributed by atoms with Crippen LogP contribution in [0.1, 0.15) is 37.2 Å². The molecule has 0 saturated heterocycles. The summed E-state index contributed by atoms with van der Waals surface area (Å²) in [5.41, 5.74) is 1.20. The lowest BCUT2D eigenvalue weighted by molar-refractivity contribution is -0.120. The maximum Gasteiger partial charge on any atom is 0.227 e. The van der Waals surface area contributed by atoms with Crippen LogP contribution < -0.4 is 5.32 Å². The van der Waals surface area contributed by atoms with Crippen molar-refractivity contribution in [2.45, 2.75) is 33.2 Å². The topological polar surface area (TPSA) is 71.3 Å². The first-order chi connectivity index (χ1) is 11.1. The maximum absolute atomic E-state index is 12.1. The molecule has 1 heterocycles. The van der Waals surface area contributed by atoms with Crippen LogP contribution >= 0.6 is 0 Å². The molecule has 0 spiro atoms. The van der Waals surface area contributed by atoms with Gasteiger partial charge in [-0.15, -0.1) is 0 Å². The molecule has 1 unspecified atom stereocenters. The van der Waals surface area contributed by atoms with Gasteiger partial charge in [0.05, 0.1) is 12.5 Å². The first-order valence-corrected chi connectivity index (χ1v) is 7.98. The fraction of sp³-hybridized carbons (Fsp3) is 0.471. The molecule has 0 saturated carbocycles. The summed E-state index contributed by atoms with van der Waals surface area (Å²) in [4.78, 5) is 18.5. The van der Waals surface area contributed by atoms with Crippen LogP contribution in [-0.2, 0) is 11.2 Å². The van der Waals surface area contributed by atoms with E-state index >= 15 is 0 Å². The van der Waals surface area contributed by atoms with E-state index in [9.17, 15) is 4.79 Å². The average Bonchev–Trinajstić information content (AvgIpc) is 2.97. The Bertz CT molecular complexity index is 608. The van der Waals surface area contributed by atoms with Crippen LogP contribution in [0.25, 0.3) is 0 Å². The van der Waals surface area contributed by atoms with E-state index in [1.807, 2.05) is 18.2 Å². The molecule has 6 nitrogen and oxygen atoms in total. The summed E-state index contributed by atoms with van der Waals surface area (Å²) in [6.07, 6.45) is 0.136. The molecule has 0 bridgehead atoms. The number of carbonyl (C=O) groups excluding carboxylic acids is 1. The van der Waals surface area contributed by atoms with E-state index < -0.39 is 0 Å². The first-order valence-electron chi connectivity index (χ1n) is 7.98. The van der Waals surface area contributed by atoms with Gasteiger partial charge < -0.3 is 9.84 Å². The molecular formula is C17H24N4O2. The van der Waals surface area contributed by atoms with Crippen molar-refractivity contribution in [3.63, 3.8) is 0 Å². The van der Waals surface area contributed by atoms with Gasteiger partial charge in [0.15, 0.2) is 5.82 Å². The second kappa shape index (κ2) is 8.43. The number of hydrogen-bond acceptors (Lipinski definition) is 5. The second-order valence-corrected chi connectivity index (χ2v) is 5.36. The summed E-state index contributed by atoms with van der Waals surface area (Å²) in [5, 5.41) is 6.74. The van der Waals surface area contributed by atoms with Crippen molar-refractivity contribution in [3.8, 4) is 0 Å². The van der Waals surface area contributed by atoms with E-state index in [2.05, 4.69) is 46.3 Å². The SMILES string of the molecule is CCN(CC)C(CNC(=O)Cc1noc(C)n1)c1ccccc1. The van der Waals surface area contributed by atoms with Crippen molar-refractivity contribution in [3.05, 3.63) is 47.6 Å². The van der Waals surface area contributed by atoms with Crippen LogP contribution in [0, 0.1) is 6.92 Å². The van der Waals surface area contributed by atoms with Gasteiger partial charge in [-0.3, -0.25) is 9.69 Å². The lowest BCUT2D eigenvalue weighted by atomic mass is 10.1. The quantitative estimate of drug-likeness (QED) is 0.808. The summed E-state index contributed by atoms with van der Waals surface area (Å²) < 4.78 is 4.88. The highest BCUT2D eigenvalue weighted by atomic mass is 16.5. The fourth-order valence-corrected chi connectivity index (χ4v) is 2.63. The number of rotatable bonds is 8. The summed E-state index contributed by atoms with van der Waals surface area (Å²) in [6.45, 7) is 8.38. The van der Waals surface area contributed by atoms with E-state index in [1.54, 1.807) is 6.92 Å². The third-order valence-corrected chi connectivity index (χ3v) is 3.82. The third-order valence-electron chi connectivity index (χ3n) is 3.82. The molecule has 1 aromatic heterocycles. The number of aryl methyl sites for hydroxylation is 1. The highest BCUT2D eigenvalue weighted by Crippen LogP contribution is 2.19. The molecule has 0 aliphatic rings. The number of nitrogens with zero attached hydrogens (tertiary/aromatic N) is 3. The Morgan fingerprint density at radius 1 is 1.26 bits per heavy atom. The zero-order chi connectivity index (χ0) is 16.7. The highest BCUT2D eigenvalue weighted by molar-refractivity contribution is 5.77. The maximum atomic E-state index is 12.1. The van der Waals surface area contributed by atoms with Crippen molar-refractivity contribution in [2.75, 3.05) is 19.6 Å². The number of likely N-dealkylation sites (N-methyl/N-ethyl adjacent to an activating group) is 1.